The molecule has 0 saturated heterocycles. The van der Waals surface area contributed by atoms with Gasteiger partial charge >= 0.3 is 5.69 Å². The molecule has 3 rings (SSSR count). The lowest BCUT2D eigenvalue weighted by atomic mass is 10.1. The summed E-state index contributed by atoms with van der Waals surface area (Å²) in [5.41, 5.74) is 0.755. The number of nitrogens with one attached hydrogen (secondary N) is 2. The first-order chi connectivity index (χ1) is 15.2. The quantitative estimate of drug-likeness (QED) is 0.335. The number of nitrogens with zero attached hydrogens (tertiary/aromatic N) is 1. The van der Waals surface area contributed by atoms with Gasteiger partial charge in [-0.2, -0.15) is 0 Å². The number of carbonyl (C=O) groups excluding carboxylic acids is 1. The third-order valence-electron chi connectivity index (χ3n) is 4.44. The van der Waals surface area contributed by atoms with E-state index in [1.165, 1.54) is 24.3 Å². The number of nitro benzene ring substituents is 1. The summed E-state index contributed by atoms with van der Waals surface area (Å²) in [5, 5.41) is 23.8. The zero-order valence-corrected chi connectivity index (χ0v) is 18.1. The maximum atomic E-state index is 12.5. The van der Waals surface area contributed by atoms with Gasteiger partial charge in [0.15, 0.2) is 5.75 Å². The fourth-order valence-electron chi connectivity index (χ4n) is 2.84. The van der Waals surface area contributed by atoms with Crippen molar-refractivity contribution in [3.63, 3.8) is 0 Å². The Balaban J connectivity index is 1.63. The Labute approximate surface area is 188 Å². The van der Waals surface area contributed by atoms with Crippen LogP contribution < -0.4 is 10.0 Å². The van der Waals surface area contributed by atoms with E-state index in [4.69, 9.17) is 11.6 Å². The minimum Gasteiger partial charge on any atom is -0.502 e. The maximum Gasteiger partial charge on any atom is 0.312 e. The minimum absolute atomic E-state index is 0.163. The number of nitro groups is 1. The standard InChI is InChI=1S/C21H18ClN3O6S/c22-16-3-1-2-14(12-16)10-11-23-21(27)15-4-6-17(7-5-15)24-32(30,31)18-8-9-20(26)19(13-18)25(28)29/h1-9,12-13,24,26H,10-11H2,(H,23,27). The van der Waals surface area contributed by atoms with Crippen molar-refractivity contribution in [2.45, 2.75) is 11.3 Å². The number of sulfonamides is 1. The summed E-state index contributed by atoms with van der Waals surface area (Å²) in [5.74, 6) is -0.963. The van der Waals surface area contributed by atoms with Crippen LogP contribution in [0.15, 0.2) is 71.6 Å². The van der Waals surface area contributed by atoms with E-state index in [-0.39, 0.29) is 16.5 Å². The molecule has 0 heterocycles. The fraction of sp³-hybridized carbons (Fsp3) is 0.0952. The highest BCUT2D eigenvalue weighted by molar-refractivity contribution is 7.92. The molecule has 0 aliphatic carbocycles. The molecule has 0 atom stereocenters. The van der Waals surface area contributed by atoms with Crippen LogP contribution in [0.25, 0.3) is 0 Å². The normalized spacial score (nSPS) is 11.0. The number of aromatic hydroxyl groups is 1. The Morgan fingerprint density at radius 1 is 1.06 bits per heavy atom. The first-order valence-corrected chi connectivity index (χ1v) is 11.1. The van der Waals surface area contributed by atoms with Crippen LogP contribution >= 0.6 is 11.6 Å². The highest BCUT2D eigenvalue weighted by atomic mass is 35.5. The Morgan fingerprint density at radius 3 is 2.44 bits per heavy atom. The average molecular weight is 476 g/mol. The molecular weight excluding hydrogens is 458 g/mol. The molecule has 1 amide bonds. The molecule has 0 radical (unpaired) electrons. The molecule has 0 aliphatic rings. The number of amides is 1. The maximum absolute atomic E-state index is 12.5. The Hall–Kier alpha value is -3.63. The van der Waals surface area contributed by atoms with Gasteiger partial charge in [-0.1, -0.05) is 23.7 Å². The summed E-state index contributed by atoms with van der Waals surface area (Å²) in [4.78, 5) is 21.9. The number of carbonyl (C=O) groups is 1. The van der Waals surface area contributed by atoms with Gasteiger partial charge in [0.2, 0.25) is 0 Å². The van der Waals surface area contributed by atoms with E-state index in [0.717, 1.165) is 23.8 Å². The number of phenolic OH excluding ortho intramolecular Hbond substituents is 1. The van der Waals surface area contributed by atoms with Crippen LogP contribution in [-0.4, -0.2) is 30.9 Å². The van der Waals surface area contributed by atoms with Crippen LogP contribution in [0.5, 0.6) is 5.75 Å². The lowest BCUT2D eigenvalue weighted by Gasteiger charge is -2.10. The summed E-state index contributed by atoms with van der Waals surface area (Å²) in [6.45, 7) is 0.396. The Kier molecular flexibility index (Phi) is 6.96. The molecular formula is C21H18ClN3O6S. The van der Waals surface area contributed by atoms with Gasteiger partial charge in [0.25, 0.3) is 15.9 Å². The summed E-state index contributed by atoms with van der Waals surface area (Å²) in [6, 6.07) is 15.8. The van der Waals surface area contributed by atoms with E-state index < -0.39 is 26.4 Å². The molecule has 0 aromatic heterocycles. The molecule has 0 saturated carbocycles. The molecule has 3 aromatic rings. The number of benzene rings is 3. The number of phenols is 1. The van der Waals surface area contributed by atoms with Crippen molar-refractivity contribution < 1.29 is 23.2 Å². The topological polar surface area (TPSA) is 139 Å². The third kappa shape index (κ3) is 5.74. The predicted octanol–water partition coefficient (Wildman–Crippen LogP) is 3.73. The lowest BCUT2D eigenvalue weighted by Crippen LogP contribution is -2.25. The summed E-state index contributed by atoms with van der Waals surface area (Å²) >= 11 is 5.93. The van der Waals surface area contributed by atoms with Crippen molar-refractivity contribution in [1.29, 1.82) is 0 Å². The van der Waals surface area contributed by atoms with Gasteiger partial charge in [-0.25, -0.2) is 8.42 Å². The van der Waals surface area contributed by atoms with Crippen LogP contribution in [0, 0.1) is 10.1 Å². The van der Waals surface area contributed by atoms with E-state index in [9.17, 15) is 28.4 Å². The monoisotopic (exact) mass is 475 g/mol. The van der Waals surface area contributed by atoms with Crippen LogP contribution in [-0.2, 0) is 16.4 Å². The van der Waals surface area contributed by atoms with E-state index in [2.05, 4.69) is 10.0 Å². The molecule has 166 valence electrons. The molecule has 11 heteroatoms. The van der Waals surface area contributed by atoms with Gasteiger partial charge in [0.05, 0.1) is 9.82 Å². The van der Waals surface area contributed by atoms with Gasteiger partial charge in [0, 0.05) is 28.9 Å². The van der Waals surface area contributed by atoms with Crippen LogP contribution in [0.3, 0.4) is 0 Å². The number of rotatable bonds is 8. The van der Waals surface area contributed by atoms with Crippen molar-refractivity contribution >= 4 is 38.9 Å². The molecule has 9 nitrogen and oxygen atoms in total. The van der Waals surface area contributed by atoms with Gasteiger partial charge < -0.3 is 10.4 Å². The molecule has 0 aliphatic heterocycles. The van der Waals surface area contributed by atoms with Gasteiger partial charge in [-0.05, 0) is 60.5 Å². The first-order valence-electron chi connectivity index (χ1n) is 9.28. The van der Waals surface area contributed by atoms with E-state index in [1.807, 2.05) is 18.2 Å². The van der Waals surface area contributed by atoms with Crippen molar-refractivity contribution in [1.82, 2.24) is 5.32 Å². The summed E-state index contributed by atoms with van der Waals surface area (Å²) < 4.78 is 27.3. The smallest absolute Gasteiger partial charge is 0.312 e. The van der Waals surface area contributed by atoms with Crippen molar-refractivity contribution in [3.05, 3.63) is 93.0 Å². The second-order valence-corrected chi connectivity index (χ2v) is 8.85. The van der Waals surface area contributed by atoms with Gasteiger partial charge in [0.1, 0.15) is 0 Å². The molecule has 0 spiro atoms. The molecule has 32 heavy (non-hydrogen) atoms. The highest BCUT2D eigenvalue weighted by Crippen LogP contribution is 2.29. The highest BCUT2D eigenvalue weighted by Gasteiger charge is 2.21. The SMILES string of the molecule is O=C(NCCc1cccc(Cl)c1)c1ccc(NS(=O)(=O)c2ccc(O)c([N+](=O)[O-])c2)cc1. The number of hydrogen-bond acceptors (Lipinski definition) is 6. The second-order valence-electron chi connectivity index (χ2n) is 6.73. The summed E-state index contributed by atoms with van der Waals surface area (Å²) in [6.07, 6.45) is 0.600. The largest absolute Gasteiger partial charge is 0.502 e. The molecule has 0 bridgehead atoms. The number of hydrogen-bond donors (Lipinski definition) is 3. The van der Waals surface area contributed by atoms with Crippen molar-refractivity contribution in [3.8, 4) is 5.75 Å². The lowest BCUT2D eigenvalue weighted by molar-refractivity contribution is -0.386. The van der Waals surface area contributed by atoms with Crippen LogP contribution in [0.2, 0.25) is 5.02 Å². The predicted molar refractivity (Wildman–Crippen MR) is 120 cm³/mol. The number of anilines is 1. The Morgan fingerprint density at radius 2 is 1.78 bits per heavy atom. The molecule has 0 fully saturated rings. The molecule has 0 unspecified atom stereocenters. The first kappa shape index (κ1) is 23.0. The van der Waals surface area contributed by atoms with Crippen LogP contribution in [0.1, 0.15) is 15.9 Å². The van der Waals surface area contributed by atoms with E-state index in [0.29, 0.717) is 23.6 Å². The van der Waals surface area contributed by atoms with Gasteiger partial charge in [-0.3, -0.25) is 19.6 Å². The van der Waals surface area contributed by atoms with Crippen molar-refractivity contribution in [2.24, 2.45) is 0 Å². The van der Waals surface area contributed by atoms with Crippen molar-refractivity contribution in [2.75, 3.05) is 11.3 Å². The Bertz CT molecular complexity index is 1260. The summed E-state index contributed by atoms with van der Waals surface area (Å²) in [7, 11) is -4.14. The van der Waals surface area contributed by atoms with E-state index in [1.54, 1.807) is 6.07 Å². The zero-order chi connectivity index (χ0) is 23.3. The van der Waals surface area contributed by atoms with Crippen LogP contribution in [0.4, 0.5) is 11.4 Å². The third-order valence-corrected chi connectivity index (χ3v) is 6.06. The molecule has 3 N–H and O–H groups in total. The number of halogens is 1. The van der Waals surface area contributed by atoms with Gasteiger partial charge in [-0.15, -0.1) is 0 Å². The fourth-order valence-corrected chi connectivity index (χ4v) is 4.13. The van der Waals surface area contributed by atoms with E-state index >= 15 is 0 Å². The second kappa shape index (κ2) is 9.67. The average Bonchev–Trinajstić information content (AvgIpc) is 2.74. The minimum atomic E-state index is -4.14. The molecule has 3 aromatic carbocycles. The zero-order valence-electron chi connectivity index (χ0n) is 16.5.